The summed E-state index contributed by atoms with van der Waals surface area (Å²) in [5, 5.41) is 18.2. The zero-order chi connectivity index (χ0) is 20.7. The molecule has 3 heterocycles. The maximum Gasteiger partial charge on any atom is 0.228 e. The van der Waals surface area contributed by atoms with Gasteiger partial charge in [0.2, 0.25) is 5.95 Å². The molecule has 0 radical (unpaired) electrons. The van der Waals surface area contributed by atoms with Crippen LogP contribution in [0, 0.1) is 45.9 Å². The number of aryl methyl sites for hydroxylation is 5. The van der Waals surface area contributed by atoms with Crippen LogP contribution in [-0.2, 0) is 0 Å². The van der Waals surface area contributed by atoms with E-state index >= 15 is 0 Å². The van der Waals surface area contributed by atoms with Crippen LogP contribution in [-0.4, -0.2) is 24.7 Å². The van der Waals surface area contributed by atoms with Crippen molar-refractivity contribution in [2.24, 2.45) is 0 Å². The van der Waals surface area contributed by atoms with Crippen molar-refractivity contribution in [1.82, 2.24) is 24.7 Å². The first-order chi connectivity index (χ1) is 13.9. The lowest BCUT2D eigenvalue weighted by molar-refractivity contribution is 0.855. The molecular weight excluding hydrogens is 362 g/mol. The average molecular weight is 383 g/mol. The number of nitriles is 1. The molecular formula is C22H21N7. The molecule has 1 N–H and O–H groups in total. The predicted molar refractivity (Wildman–Crippen MR) is 113 cm³/mol. The summed E-state index contributed by atoms with van der Waals surface area (Å²) >= 11 is 0. The molecule has 0 bridgehead atoms. The van der Waals surface area contributed by atoms with E-state index < -0.39 is 0 Å². The second-order valence-electron chi connectivity index (χ2n) is 7.31. The highest BCUT2D eigenvalue weighted by molar-refractivity contribution is 5.86. The molecule has 0 fully saturated rings. The Balaban J connectivity index is 1.88. The standard InChI is InChI=1S/C22H21N7/c1-12-6-14(3)20-18(7-12)13(2)8-19(27-20)29-21(17(10-23)11-24-29)28-22-25-15(4)9-16(5)26-22/h6-9,11H,1-5H3,(H,25,26,28). The Kier molecular flexibility index (Phi) is 4.47. The van der Waals surface area contributed by atoms with E-state index in [0.29, 0.717) is 23.1 Å². The van der Waals surface area contributed by atoms with Crippen LogP contribution >= 0.6 is 0 Å². The molecule has 0 aliphatic heterocycles. The lowest BCUT2D eigenvalue weighted by atomic mass is 10.0. The van der Waals surface area contributed by atoms with Crippen molar-refractivity contribution >= 4 is 22.7 Å². The Hall–Kier alpha value is -3.79. The normalized spacial score (nSPS) is 10.9. The summed E-state index contributed by atoms with van der Waals surface area (Å²) in [6.07, 6.45) is 1.52. The fraction of sp³-hybridized carbons (Fsp3) is 0.227. The Morgan fingerprint density at radius 3 is 2.31 bits per heavy atom. The first kappa shape index (κ1) is 18.6. The first-order valence-corrected chi connectivity index (χ1v) is 9.32. The van der Waals surface area contributed by atoms with Crippen LogP contribution in [0.3, 0.4) is 0 Å². The van der Waals surface area contributed by atoms with Gasteiger partial charge < -0.3 is 5.32 Å². The minimum Gasteiger partial charge on any atom is -0.307 e. The first-order valence-electron chi connectivity index (χ1n) is 9.32. The number of nitrogens with one attached hydrogen (secondary N) is 1. The van der Waals surface area contributed by atoms with Gasteiger partial charge in [-0.3, -0.25) is 0 Å². The van der Waals surface area contributed by atoms with Crippen LogP contribution in [0.4, 0.5) is 11.8 Å². The third kappa shape index (κ3) is 3.41. The fourth-order valence-corrected chi connectivity index (χ4v) is 3.55. The Labute approximate surface area is 169 Å². The summed E-state index contributed by atoms with van der Waals surface area (Å²) in [6, 6.07) is 10.3. The van der Waals surface area contributed by atoms with Crippen LogP contribution in [0.1, 0.15) is 33.6 Å². The molecule has 0 atom stereocenters. The third-order valence-corrected chi connectivity index (χ3v) is 4.76. The van der Waals surface area contributed by atoms with E-state index in [1.165, 1.54) is 11.8 Å². The van der Waals surface area contributed by atoms with Gasteiger partial charge in [-0.2, -0.15) is 15.0 Å². The number of hydrogen-bond donors (Lipinski definition) is 1. The summed E-state index contributed by atoms with van der Waals surface area (Å²) in [4.78, 5) is 13.7. The van der Waals surface area contributed by atoms with Gasteiger partial charge in [0.1, 0.15) is 11.6 Å². The number of pyridine rings is 1. The summed E-state index contributed by atoms with van der Waals surface area (Å²) in [5.41, 5.74) is 6.41. The maximum absolute atomic E-state index is 9.56. The highest BCUT2D eigenvalue weighted by Crippen LogP contribution is 2.27. The Morgan fingerprint density at radius 1 is 0.897 bits per heavy atom. The zero-order valence-corrected chi connectivity index (χ0v) is 17.1. The highest BCUT2D eigenvalue weighted by Gasteiger charge is 2.17. The van der Waals surface area contributed by atoms with E-state index in [4.69, 9.17) is 4.98 Å². The van der Waals surface area contributed by atoms with Crippen molar-refractivity contribution in [2.45, 2.75) is 34.6 Å². The number of nitrogens with zero attached hydrogens (tertiary/aromatic N) is 6. The minimum atomic E-state index is 0.396. The van der Waals surface area contributed by atoms with Gasteiger partial charge in [-0.25, -0.2) is 15.0 Å². The molecule has 0 spiro atoms. The van der Waals surface area contributed by atoms with Crippen molar-refractivity contribution in [3.8, 4) is 11.9 Å². The molecule has 7 nitrogen and oxygen atoms in total. The molecule has 144 valence electrons. The van der Waals surface area contributed by atoms with Gasteiger partial charge in [0.25, 0.3) is 0 Å². The van der Waals surface area contributed by atoms with Crippen molar-refractivity contribution < 1.29 is 0 Å². The van der Waals surface area contributed by atoms with Crippen molar-refractivity contribution in [1.29, 1.82) is 5.26 Å². The van der Waals surface area contributed by atoms with Gasteiger partial charge in [0.05, 0.1) is 11.7 Å². The molecule has 4 aromatic rings. The topological polar surface area (TPSA) is 92.3 Å². The number of anilines is 2. The summed E-state index contributed by atoms with van der Waals surface area (Å²) in [6.45, 7) is 10.0. The minimum absolute atomic E-state index is 0.396. The van der Waals surface area contributed by atoms with E-state index in [0.717, 1.165) is 33.4 Å². The fourth-order valence-electron chi connectivity index (χ4n) is 3.55. The molecule has 29 heavy (non-hydrogen) atoms. The Bertz CT molecular complexity index is 1270. The molecule has 4 rings (SSSR count). The van der Waals surface area contributed by atoms with Gasteiger partial charge in [0, 0.05) is 16.8 Å². The van der Waals surface area contributed by atoms with Gasteiger partial charge in [-0.1, -0.05) is 11.6 Å². The van der Waals surface area contributed by atoms with Crippen LogP contribution in [0.5, 0.6) is 0 Å². The van der Waals surface area contributed by atoms with Gasteiger partial charge in [-0.05, 0) is 63.9 Å². The van der Waals surface area contributed by atoms with E-state index in [-0.39, 0.29) is 0 Å². The highest BCUT2D eigenvalue weighted by atomic mass is 15.4. The smallest absolute Gasteiger partial charge is 0.228 e. The Morgan fingerprint density at radius 2 is 1.62 bits per heavy atom. The number of fused-ring (bicyclic) bond motifs is 1. The summed E-state index contributed by atoms with van der Waals surface area (Å²) in [5.74, 6) is 1.55. The average Bonchev–Trinajstić information content (AvgIpc) is 3.04. The molecule has 0 unspecified atom stereocenters. The van der Waals surface area contributed by atoms with Crippen molar-refractivity contribution in [3.63, 3.8) is 0 Å². The largest absolute Gasteiger partial charge is 0.307 e. The second-order valence-corrected chi connectivity index (χ2v) is 7.31. The van der Waals surface area contributed by atoms with Gasteiger partial charge in [0.15, 0.2) is 11.6 Å². The number of hydrogen-bond acceptors (Lipinski definition) is 6. The van der Waals surface area contributed by atoms with Crippen LogP contribution in [0.25, 0.3) is 16.7 Å². The van der Waals surface area contributed by atoms with Crippen molar-refractivity contribution in [3.05, 3.63) is 64.1 Å². The lowest BCUT2D eigenvalue weighted by Gasteiger charge is -2.13. The van der Waals surface area contributed by atoms with Crippen molar-refractivity contribution in [2.75, 3.05) is 5.32 Å². The molecule has 7 heteroatoms. The van der Waals surface area contributed by atoms with Crippen LogP contribution in [0.2, 0.25) is 0 Å². The van der Waals surface area contributed by atoms with Crippen LogP contribution < -0.4 is 5.32 Å². The quantitative estimate of drug-likeness (QED) is 0.565. The lowest BCUT2D eigenvalue weighted by Crippen LogP contribution is -2.08. The molecule has 0 saturated carbocycles. The number of aromatic nitrogens is 5. The predicted octanol–water partition coefficient (Wildman–Crippen LogP) is 4.37. The number of rotatable bonds is 3. The summed E-state index contributed by atoms with van der Waals surface area (Å²) < 4.78 is 1.63. The van der Waals surface area contributed by atoms with E-state index in [1.54, 1.807) is 4.68 Å². The second kappa shape index (κ2) is 6.99. The molecule has 0 amide bonds. The number of benzene rings is 1. The molecule has 3 aromatic heterocycles. The summed E-state index contributed by atoms with van der Waals surface area (Å²) in [7, 11) is 0. The van der Waals surface area contributed by atoms with E-state index in [2.05, 4.69) is 59.4 Å². The van der Waals surface area contributed by atoms with Crippen LogP contribution in [0.15, 0.2) is 30.5 Å². The molecule has 0 saturated heterocycles. The monoisotopic (exact) mass is 383 g/mol. The SMILES string of the molecule is Cc1cc(C)c2nc(-n3ncc(C#N)c3Nc3nc(C)cc(C)n3)cc(C)c2c1. The molecule has 0 aliphatic rings. The van der Waals surface area contributed by atoms with E-state index in [9.17, 15) is 5.26 Å². The van der Waals surface area contributed by atoms with Gasteiger partial charge >= 0.3 is 0 Å². The maximum atomic E-state index is 9.56. The molecule has 0 aliphatic carbocycles. The molecule has 1 aromatic carbocycles. The van der Waals surface area contributed by atoms with E-state index in [1.807, 2.05) is 26.0 Å². The zero-order valence-electron chi connectivity index (χ0n) is 17.1. The van der Waals surface area contributed by atoms with Gasteiger partial charge in [-0.15, -0.1) is 0 Å². The third-order valence-electron chi connectivity index (χ3n) is 4.76.